The summed E-state index contributed by atoms with van der Waals surface area (Å²) in [5.41, 5.74) is 1.69. The fourth-order valence-corrected chi connectivity index (χ4v) is 3.65. The van der Waals surface area contributed by atoms with Crippen LogP contribution in [0, 0.1) is 0 Å². The van der Waals surface area contributed by atoms with E-state index < -0.39 is 15.1 Å². The maximum atomic E-state index is 12.9. The number of piperidine rings is 1. The minimum atomic E-state index is -4.71. The minimum absolute atomic E-state index is 0.117. The number of aromatic nitrogens is 1. The van der Waals surface area contributed by atoms with Gasteiger partial charge in [-0.25, -0.2) is 0 Å². The van der Waals surface area contributed by atoms with Crippen molar-refractivity contribution in [3.8, 4) is 0 Å². The van der Waals surface area contributed by atoms with Crippen LogP contribution in [0.3, 0.4) is 0 Å². The molecule has 3 rings (SSSR count). The minimum Gasteiger partial charge on any atom is -0.353 e. The lowest BCUT2D eigenvalue weighted by Crippen LogP contribution is -2.44. The van der Waals surface area contributed by atoms with Crippen LogP contribution in [0.25, 0.3) is 0 Å². The van der Waals surface area contributed by atoms with Crippen molar-refractivity contribution in [2.45, 2.75) is 36.7 Å². The Hall–Kier alpha value is -2.32. The molecule has 0 bridgehead atoms. The van der Waals surface area contributed by atoms with Crippen molar-refractivity contribution in [3.63, 3.8) is 0 Å². The highest BCUT2D eigenvalue weighted by Gasteiger charge is 2.21. The molecule has 0 saturated carbocycles. The van der Waals surface area contributed by atoms with Gasteiger partial charge in [0.05, 0.1) is 17.0 Å². The molecule has 1 aliphatic rings. The van der Waals surface area contributed by atoms with E-state index in [-0.39, 0.29) is 18.4 Å². The zero-order chi connectivity index (χ0) is 19.3. The van der Waals surface area contributed by atoms with E-state index in [1.807, 2.05) is 18.2 Å². The maximum Gasteiger partial charge on any atom is 0.332 e. The number of likely N-dealkylation sites (tertiary alicyclic amines) is 1. The van der Waals surface area contributed by atoms with Crippen molar-refractivity contribution in [1.82, 2.24) is 15.2 Å². The molecule has 6 nitrogen and oxygen atoms in total. The number of benzene rings is 1. The summed E-state index contributed by atoms with van der Waals surface area (Å²) in [5.74, 6) is -0.117. The molecule has 1 aromatic carbocycles. The second-order valence-electron chi connectivity index (χ2n) is 6.70. The fourth-order valence-electron chi connectivity index (χ4n) is 3.19. The van der Waals surface area contributed by atoms with E-state index in [1.54, 1.807) is 6.20 Å². The summed E-state index contributed by atoms with van der Waals surface area (Å²) < 4.78 is 34.5. The molecular formula is C19H22FN3O3S. The monoisotopic (exact) mass is 391 g/mol. The Balaban J connectivity index is 1.44. The van der Waals surface area contributed by atoms with Gasteiger partial charge in [-0.15, -0.1) is 3.89 Å². The molecule has 1 fully saturated rings. The number of halogens is 1. The van der Waals surface area contributed by atoms with Crippen LogP contribution in [0.1, 0.15) is 24.1 Å². The lowest BCUT2D eigenvalue weighted by molar-refractivity contribution is -0.121. The van der Waals surface area contributed by atoms with Crippen LogP contribution in [0.4, 0.5) is 3.89 Å². The van der Waals surface area contributed by atoms with Crippen LogP contribution < -0.4 is 5.32 Å². The van der Waals surface area contributed by atoms with Crippen molar-refractivity contribution >= 4 is 16.1 Å². The van der Waals surface area contributed by atoms with E-state index in [1.165, 1.54) is 24.3 Å². The molecule has 0 spiro atoms. The number of pyridine rings is 1. The Kier molecular flexibility index (Phi) is 6.18. The van der Waals surface area contributed by atoms with Gasteiger partial charge in [-0.3, -0.25) is 14.7 Å². The standard InChI is InChI=1S/C19H22FN3O3S/c20-27(25,26)18-6-4-15(5-7-18)13-19(24)22-16-8-11-23(12-9-16)14-17-3-1-2-10-21-17/h1-7,10,16H,8-9,11-14H2,(H,22,24). The van der Waals surface area contributed by atoms with Crippen molar-refractivity contribution in [1.29, 1.82) is 0 Å². The van der Waals surface area contributed by atoms with Gasteiger partial charge in [-0.05, 0) is 42.7 Å². The number of carbonyl (C=O) groups is 1. The van der Waals surface area contributed by atoms with Gasteiger partial charge in [0.25, 0.3) is 0 Å². The third-order valence-electron chi connectivity index (χ3n) is 4.63. The predicted molar refractivity (Wildman–Crippen MR) is 99.1 cm³/mol. The first kappa shape index (κ1) is 19.4. The Bertz CT molecular complexity index is 865. The molecule has 1 N–H and O–H groups in total. The van der Waals surface area contributed by atoms with Gasteiger partial charge in [0.2, 0.25) is 5.91 Å². The molecule has 1 amide bonds. The average molecular weight is 391 g/mol. The Morgan fingerprint density at radius 1 is 1.15 bits per heavy atom. The van der Waals surface area contributed by atoms with Crippen molar-refractivity contribution < 1.29 is 17.1 Å². The zero-order valence-electron chi connectivity index (χ0n) is 14.8. The summed E-state index contributed by atoms with van der Waals surface area (Å²) >= 11 is 0. The molecule has 1 aliphatic heterocycles. The Morgan fingerprint density at radius 2 is 1.85 bits per heavy atom. The number of hydrogen-bond donors (Lipinski definition) is 1. The van der Waals surface area contributed by atoms with Gasteiger partial charge in [-0.2, -0.15) is 8.42 Å². The third-order valence-corrected chi connectivity index (χ3v) is 5.47. The van der Waals surface area contributed by atoms with E-state index in [0.717, 1.165) is 38.2 Å². The molecule has 0 radical (unpaired) electrons. The number of carbonyl (C=O) groups excluding carboxylic acids is 1. The van der Waals surface area contributed by atoms with E-state index in [2.05, 4.69) is 15.2 Å². The van der Waals surface area contributed by atoms with Gasteiger partial charge < -0.3 is 5.32 Å². The summed E-state index contributed by atoms with van der Waals surface area (Å²) in [6.45, 7) is 2.60. The molecule has 2 aromatic rings. The van der Waals surface area contributed by atoms with Gasteiger partial charge in [0.15, 0.2) is 0 Å². The molecular weight excluding hydrogens is 369 g/mol. The van der Waals surface area contributed by atoms with E-state index >= 15 is 0 Å². The van der Waals surface area contributed by atoms with E-state index in [0.29, 0.717) is 5.56 Å². The molecule has 27 heavy (non-hydrogen) atoms. The SMILES string of the molecule is O=C(Cc1ccc(S(=O)(=O)F)cc1)NC1CCN(Cc2ccccn2)CC1. The van der Waals surface area contributed by atoms with Crippen molar-refractivity contribution in [2.24, 2.45) is 0 Å². The first-order chi connectivity index (χ1) is 12.9. The average Bonchev–Trinajstić information content (AvgIpc) is 2.64. The van der Waals surface area contributed by atoms with E-state index in [9.17, 15) is 17.1 Å². The smallest absolute Gasteiger partial charge is 0.332 e. The third kappa shape index (κ3) is 5.83. The van der Waals surface area contributed by atoms with Crippen LogP contribution in [0.2, 0.25) is 0 Å². The molecule has 0 unspecified atom stereocenters. The molecule has 8 heteroatoms. The predicted octanol–water partition coefficient (Wildman–Crippen LogP) is 2.06. The Morgan fingerprint density at radius 3 is 2.44 bits per heavy atom. The lowest BCUT2D eigenvalue weighted by atomic mass is 10.0. The lowest BCUT2D eigenvalue weighted by Gasteiger charge is -2.32. The quantitative estimate of drug-likeness (QED) is 0.763. The molecule has 0 atom stereocenters. The molecule has 144 valence electrons. The van der Waals surface area contributed by atoms with Gasteiger partial charge in [0.1, 0.15) is 0 Å². The fraction of sp³-hybridized carbons (Fsp3) is 0.368. The summed E-state index contributed by atoms with van der Waals surface area (Å²) in [7, 11) is -4.71. The molecule has 1 saturated heterocycles. The van der Waals surface area contributed by atoms with Crippen LogP contribution in [-0.4, -0.2) is 43.3 Å². The molecule has 1 aromatic heterocycles. The summed E-state index contributed by atoms with van der Waals surface area (Å²) in [5, 5.41) is 3.02. The second kappa shape index (κ2) is 8.58. The van der Waals surface area contributed by atoms with Crippen LogP contribution >= 0.6 is 0 Å². The summed E-state index contributed by atoms with van der Waals surface area (Å²) in [6, 6.07) is 11.3. The van der Waals surface area contributed by atoms with E-state index in [4.69, 9.17) is 0 Å². The highest BCUT2D eigenvalue weighted by molar-refractivity contribution is 7.86. The first-order valence-electron chi connectivity index (χ1n) is 8.85. The normalized spacial score (nSPS) is 16.2. The summed E-state index contributed by atoms with van der Waals surface area (Å²) in [6.07, 6.45) is 3.67. The highest BCUT2D eigenvalue weighted by atomic mass is 32.3. The molecule has 0 aliphatic carbocycles. The number of amides is 1. The van der Waals surface area contributed by atoms with Gasteiger partial charge >= 0.3 is 10.2 Å². The molecule has 2 heterocycles. The largest absolute Gasteiger partial charge is 0.353 e. The van der Waals surface area contributed by atoms with Crippen LogP contribution in [0.15, 0.2) is 53.6 Å². The first-order valence-corrected chi connectivity index (χ1v) is 10.2. The van der Waals surface area contributed by atoms with Crippen molar-refractivity contribution in [2.75, 3.05) is 13.1 Å². The maximum absolute atomic E-state index is 12.9. The Labute approximate surface area is 158 Å². The number of rotatable bonds is 6. The number of nitrogens with zero attached hydrogens (tertiary/aromatic N) is 2. The van der Waals surface area contributed by atoms with Crippen LogP contribution in [0.5, 0.6) is 0 Å². The van der Waals surface area contributed by atoms with Gasteiger partial charge in [-0.1, -0.05) is 18.2 Å². The highest BCUT2D eigenvalue weighted by Crippen LogP contribution is 2.15. The zero-order valence-corrected chi connectivity index (χ0v) is 15.7. The number of hydrogen-bond acceptors (Lipinski definition) is 5. The summed E-state index contributed by atoms with van der Waals surface area (Å²) in [4.78, 5) is 18.5. The second-order valence-corrected chi connectivity index (χ2v) is 8.04. The van der Waals surface area contributed by atoms with Crippen molar-refractivity contribution in [3.05, 3.63) is 59.9 Å². The topological polar surface area (TPSA) is 79.4 Å². The van der Waals surface area contributed by atoms with Crippen LogP contribution in [-0.2, 0) is 28.0 Å². The van der Waals surface area contributed by atoms with Gasteiger partial charge in [0, 0.05) is 31.9 Å². The number of nitrogens with one attached hydrogen (secondary N) is 1.